The molecule has 1 aliphatic carbocycles. The number of allylic oxidation sites excluding steroid dienone is 1. The van der Waals surface area contributed by atoms with Crippen LogP contribution in [0.25, 0.3) is 11.3 Å². The topological polar surface area (TPSA) is 8.17 Å². The van der Waals surface area contributed by atoms with Crippen LogP contribution in [0.3, 0.4) is 0 Å². The van der Waals surface area contributed by atoms with Crippen LogP contribution in [0.15, 0.2) is 48.6 Å². The molecule has 0 N–H and O–H groups in total. The first-order chi connectivity index (χ1) is 11.8. The molecule has 1 heterocycles. The summed E-state index contributed by atoms with van der Waals surface area (Å²) >= 11 is 0. The monoisotopic (exact) mass is 358 g/mol. The van der Waals surface area contributed by atoms with Gasteiger partial charge in [0, 0.05) is 24.5 Å². The zero-order chi connectivity index (χ0) is 16.8. The minimum atomic E-state index is 0. The molecule has 0 spiro atoms. The highest BCUT2D eigenvalue weighted by molar-refractivity contribution is 5.85. The van der Waals surface area contributed by atoms with Crippen LogP contribution in [0.4, 0.5) is 0 Å². The quantitative estimate of drug-likeness (QED) is 0.605. The van der Waals surface area contributed by atoms with Crippen molar-refractivity contribution in [2.75, 3.05) is 19.6 Å². The molecule has 0 fully saturated rings. The van der Waals surface area contributed by atoms with Gasteiger partial charge in [-0.05, 0) is 56.0 Å². The second kappa shape index (κ2) is 9.84. The van der Waals surface area contributed by atoms with Gasteiger partial charge < -0.3 is 9.47 Å². The van der Waals surface area contributed by atoms with E-state index in [1.165, 1.54) is 36.9 Å². The Labute approximate surface area is 159 Å². The van der Waals surface area contributed by atoms with Crippen LogP contribution in [0.2, 0.25) is 0 Å². The SMILES string of the molecule is CCN(CC)C/C=C/Cn1c(-c2ccccc2)cc2c1CCCC2.Cl. The molecule has 0 unspecified atom stereocenters. The first-order valence-corrected chi connectivity index (χ1v) is 9.47. The van der Waals surface area contributed by atoms with E-state index in [9.17, 15) is 0 Å². The number of aromatic nitrogens is 1. The first kappa shape index (κ1) is 19.8. The molecule has 1 aromatic heterocycles. The van der Waals surface area contributed by atoms with Crippen LogP contribution >= 0.6 is 12.4 Å². The second-order valence-corrected chi connectivity index (χ2v) is 6.64. The lowest BCUT2D eigenvalue weighted by Crippen LogP contribution is -2.22. The third-order valence-corrected chi connectivity index (χ3v) is 5.19. The molecule has 0 amide bonds. The van der Waals surface area contributed by atoms with E-state index in [-0.39, 0.29) is 12.4 Å². The van der Waals surface area contributed by atoms with Gasteiger partial charge in [0.05, 0.1) is 0 Å². The maximum atomic E-state index is 2.54. The molecule has 25 heavy (non-hydrogen) atoms. The van der Waals surface area contributed by atoms with Crippen molar-refractivity contribution < 1.29 is 0 Å². The molecule has 0 bridgehead atoms. The van der Waals surface area contributed by atoms with E-state index in [0.717, 1.165) is 26.2 Å². The molecule has 1 aliphatic rings. The summed E-state index contributed by atoms with van der Waals surface area (Å²) in [6, 6.07) is 13.3. The van der Waals surface area contributed by atoms with Crippen LogP contribution in [0, 0.1) is 0 Å². The summed E-state index contributed by atoms with van der Waals surface area (Å²) in [7, 11) is 0. The lowest BCUT2D eigenvalue weighted by Gasteiger charge is -2.17. The van der Waals surface area contributed by atoms with E-state index in [1.54, 1.807) is 11.3 Å². The van der Waals surface area contributed by atoms with Crippen LogP contribution in [-0.2, 0) is 19.4 Å². The molecule has 0 aliphatic heterocycles. The van der Waals surface area contributed by atoms with E-state index >= 15 is 0 Å². The number of hydrogen-bond acceptors (Lipinski definition) is 1. The average molecular weight is 359 g/mol. The van der Waals surface area contributed by atoms with Crippen LogP contribution in [-0.4, -0.2) is 29.1 Å². The Bertz CT molecular complexity index is 669. The van der Waals surface area contributed by atoms with Crippen molar-refractivity contribution in [1.29, 1.82) is 0 Å². The number of benzene rings is 1. The predicted octanol–water partition coefficient (Wildman–Crippen LogP) is 5.35. The lowest BCUT2D eigenvalue weighted by atomic mass is 9.98. The highest BCUT2D eigenvalue weighted by atomic mass is 35.5. The van der Waals surface area contributed by atoms with Gasteiger partial charge in [0.2, 0.25) is 0 Å². The number of nitrogens with zero attached hydrogens (tertiary/aromatic N) is 2. The standard InChI is InChI=1S/C22H30N2.ClH/c1-3-23(4-2)16-10-11-17-24-21-15-9-8-14-20(21)18-22(24)19-12-6-5-7-13-19;/h5-7,10-13,18H,3-4,8-9,14-17H2,1-2H3;1H/b11-10+;. The van der Waals surface area contributed by atoms with Gasteiger partial charge in [-0.3, -0.25) is 0 Å². The number of fused-ring (bicyclic) bond motifs is 1. The Hall–Kier alpha value is -1.51. The summed E-state index contributed by atoms with van der Waals surface area (Å²) < 4.78 is 2.54. The van der Waals surface area contributed by atoms with Crippen molar-refractivity contribution in [3.63, 3.8) is 0 Å². The number of halogens is 1. The smallest absolute Gasteiger partial charge is 0.0488 e. The molecule has 3 rings (SSSR count). The first-order valence-electron chi connectivity index (χ1n) is 9.47. The van der Waals surface area contributed by atoms with Crippen molar-refractivity contribution in [3.8, 4) is 11.3 Å². The molecule has 136 valence electrons. The Morgan fingerprint density at radius 2 is 1.72 bits per heavy atom. The van der Waals surface area contributed by atoms with Gasteiger partial charge in [-0.1, -0.05) is 56.3 Å². The van der Waals surface area contributed by atoms with Gasteiger partial charge in [0.15, 0.2) is 0 Å². The average Bonchev–Trinajstić information content (AvgIpc) is 3.01. The van der Waals surface area contributed by atoms with Crippen molar-refractivity contribution in [1.82, 2.24) is 9.47 Å². The van der Waals surface area contributed by atoms with E-state index < -0.39 is 0 Å². The molecule has 2 aromatic rings. The fourth-order valence-electron chi connectivity index (χ4n) is 3.71. The molecule has 0 atom stereocenters. The molecular formula is C22H31ClN2. The second-order valence-electron chi connectivity index (χ2n) is 6.64. The van der Waals surface area contributed by atoms with Crippen LogP contribution in [0.5, 0.6) is 0 Å². The Morgan fingerprint density at radius 3 is 2.44 bits per heavy atom. The summed E-state index contributed by atoms with van der Waals surface area (Å²) in [4.78, 5) is 2.44. The molecule has 0 saturated carbocycles. The number of hydrogen-bond donors (Lipinski definition) is 0. The van der Waals surface area contributed by atoms with E-state index in [2.05, 4.69) is 71.9 Å². The van der Waals surface area contributed by atoms with E-state index in [1.807, 2.05) is 0 Å². The van der Waals surface area contributed by atoms with Gasteiger partial charge in [-0.25, -0.2) is 0 Å². The third kappa shape index (κ3) is 4.77. The van der Waals surface area contributed by atoms with Gasteiger partial charge in [-0.2, -0.15) is 0 Å². The summed E-state index contributed by atoms with van der Waals surface area (Å²) in [5.41, 5.74) is 5.85. The molecule has 2 nitrogen and oxygen atoms in total. The fourth-order valence-corrected chi connectivity index (χ4v) is 3.71. The van der Waals surface area contributed by atoms with Gasteiger partial charge in [0.1, 0.15) is 0 Å². The van der Waals surface area contributed by atoms with Crippen molar-refractivity contribution in [2.45, 2.75) is 46.1 Å². The Balaban J connectivity index is 0.00000225. The minimum Gasteiger partial charge on any atom is -0.341 e. The summed E-state index contributed by atoms with van der Waals surface area (Å²) in [5.74, 6) is 0. The molecule has 3 heteroatoms. The minimum absolute atomic E-state index is 0. The van der Waals surface area contributed by atoms with E-state index in [0.29, 0.717) is 0 Å². The van der Waals surface area contributed by atoms with E-state index in [4.69, 9.17) is 0 Å². The highest BCUT2D eigenvalue weighted by Crippen LogP contribution is 2.31. The number of likely N-dealkylation sites (N-methyl/N-ethyl adjacent to an activating group) is 1. The summed E-state index contributed by atoms with van der Waals surface area (Å²) in [5, 5.41) is 0. The molecule has 1 aromatic carbocycles. The zero-order valence-corrected chi connectivity index (χ0v) is 16.4. The maximum Gasteiger partial charge on any atom is 0.0488 e. The maximum absolute atomic E-state index is 2.54. The van der Waals surface area contributed by atoms with Crippen molar-refractivity contribution in [3.05, 3.63) is 59.8 Å². The predicted molar refractivity (Wildman–Crippen MR) is 111 cm³/mol. The van der Waals surface area contributed by atoms with Gasteiger partial charge in [0.25, 0.3) is 0 Å². The third-order valence-electron chi connectivity index (χ3n) is 5.19. The largest absolute Gasteiger partial charge is 0.341 e. The summed E-state index contributed by atoms with van der Waals surface area (Å²) in [6.45, 7) is 8.74. The molecule has 0 saturated heterocycles. The Kier molecular flexibility index (Phi) is 7.80. The molecular weight excluding hydrogens is 328 g/mol. The summed E-state index contributed by atoms with van der Waals surface area (Å²) in [6.07, 6.45) is 9.81. The van der Waals surface area contributed by atoms with Crippen molar-refractivity contribution in [2.24, 2.45) is 0 Å². The number of aryl methyl sites for hydroxylation is 1. The lowest BCUT2D eigenvalue weighted by molar-refractivity contribution is 0.337. The normalized spacial score (nSPS) is 13.9. The van der Waals surface area contributed by atoms with Crippen molar-refractivity contribution >= 4 is 12.4 Å². The molecule has 0 radical (unpaired) electrons. The van der Waals surface area contributed by atoms with Gasteiger partial charge >= 0.3 is 0 Å². The highest BCUT2D eigenvalue weighted by Gasteiger charge is 2.18. The van der Waals surface area contributed by atoms with Gasteiger partial charge in [-0.15, -0.1) is 12.4 Å². The number of rotatable bonds is 7. The van der Waals surface area contributed by atoms with Crippen LogP contribution in [0.1, 0.15) is 37.9 Å². The fraction of sp³-hybridized carbons (Fsp3) is 0.455. The Morgan fingerprint density at radius 1 is 1.00 bits per heavy atom. The van der Waals surface area contributed by atoms with Crippen LogP contribution < -0.4 is 0 Å². The zero-order valence-electron chi connectivity index (χ0n) is 15.6.